The Morgan fingerprint density at radius 3 is 1.56 bits per heavy atom. The average molecular weight is 572 g/mol. The second-order valence-corrected chi connectivity index (χ2v) is 14.3. The van der Waals surface area contributed by atoms with Gasteiger partial charge in [0.05, 0.1) is 11.0 Å². The summed E-state index contributed by atoms with van der Waals surface area (Å²) in [5, 5.41) is 9.78. The fraction of sp³-hybridized carbons (Fsp3) is 0.0750. The van der Waals surface area contributed by atoms with Gasteiger partial charge in [-0.25, -0.2) is 4.98 Å². The van der Waals surface area contributed by atoms with Crippen LogP contribution in [0.4, 0.5) is 0 Å². The van der Waals surface area contributed by atoms with Gasteiger partial charge in [-0.05, 0) is 39.6 Å². The van der Waals surface area contributed by atoms with Gasteiger partial charge in [0.15, 0.2) is 7.14 Å². The number of benzene rings is 6. The molecule has 1 aromatic heterocycles. The maximum Gasteiger partial charge on any atom is 0.167 e. The highest BCUT2D eigenvalue weighted by molar-refractivity contribution is 7.82. The summed E-state index contributed by atoms with van der Waals surface area (Å²) in [5.74, 6) is 0.160. The molecule has 3 heteroatoms. The molecular weight excluding hydrogens is 541 g/mol. The van der Waals surface area contributed by atoms with Crippen LogP contribution in [0.5, 0.6) is 0 Å². The summed E-state index contributed by atoms with van der Waals surface area (Å²) >= 11 is 0. The average Bonchev–Trinajstić information content (AvgIpc) is 3.07. The third kappa shape index (κ3) is 4.09. The minimum absolute atomic E-state index is 0.160. The van der Waals surface area contributed by atoms with Crippen LogP contribution < -0.4 is 10.6 Å². The number of hydrogen-bond donors (Lipinski definition) is 0. The number of rotatable bonds is 4. The van der Waals surface area contributed by atoms with Crippen LogP contribution in [0.25, 0.3) is 48.9 Å². The zero-order valence-electron chi connectivity index (χ0n) is 23.9. The van der Waals surface area contributed by atoms with E-state index in [0.717, 1.165) is 54.9 Å². The van der Waals surface area contributed by atoms with Crippen molar-refractivity contribution in [3.05, 3.63) is 156 Å². The third-order valence-corrected chi connectivity index (χ3v) is 12.2. The highest BCUT2D eigenvalue weighted by Gasteiger charge is 2.35. The van der Waals surface area contributed by atoms with Gasteiger partial charge >= 0.3 is 0 Å². The summed E-state index contributed by atoms with van der Waals surface area (Å²) in [5.41, 5.74) is 4.55. The molecule has 0 saturated heterocycles. The Kier molecular flexibility index (Phi) is 6.14. The Hall–Kier alpha value is -4.78. The molecule has 0 aliphatic heterocycles. The molecule has 1 unspecified atom stereocenters. The molecule has 6 aromatic carbocycles. The van der Waals surface area contributed by atoms with Crippen LogP contribution in [0, 0.1) is 5.92 Å². The molecule has 0 radical (unpaired) electrons. The van der Waals surface area contributed by atoms with Crippen LogP contribution in [0.2, 0.25) is 0 Å². The standard InChI is InChI=1S/C40H30NOP/c1-27-26-32(43(42,30-14-4-2-5-15-30)31-16-6-3-7-17-31)22-25-33(27)38-36-23-20-28-12-8-10-18-34(28)39(36)41-40-35-19-11-9-13-29(35)21-24-37(38)40/h2-25,27H,26H2,1H3. The molecule has 0 amide bonds. The summed E-state index contributed by atoms with van der Waals surface area (Å²) in [6, 6.07) is 45.9. The van der Waals surface area contributed by atoms with E-state index >= 15 is 4.57 Å². The quantitative estimate of drug-likeness (QED) is 0.120. The van der Waals surface area contributed by atoms with Gasteiger partial charge in [0.2, 0.25) is 0 Å². The normalized spacial score (nSPS) is 15.6. The summed E-state index contributed by atoms with van der Waals surface area (Å²) in [6.07, 6.45) is 5.11. The zero-order valence-corrected chi connectivity index (χ0v) is 24.8. The van der Waals surface area contributed by atoms with Crippen molar-refractivity contribution in [2.45, 2.75) is 13.3 Å². The van der Waals surface area contributed by atoms with Gasteiger partial charge in [-0.3, -0.25) is 0 Å². The van der Waals surface area contributed by atoms with Gasteiger partial charge in [-0.1, -0.05) is 153 Å². The van der Waals surface area contributed by atoms with Crippen molar-refractivity contribution in [1.29, 1.82) is 0 Å². The van der Waals surface area contributed by atoms with Gasteiger partial charge in [0, 0.05) is 32.2 Å². The van der Waals surface area contributed by atoms with Gasteiger partial charge < -0.3 is 4.57 Å². The Morgan fingerprint density at radius 2 is 1.05 bits per heavy atom. The first kappa shape index (κ1) is 25.9. The molecule has 206 valence electrons. The Balaban J connectivity index is 1.42. The topological polar surface area (TPSA) is 30.0 Å². The van der Waals surface area contributed by atoms with E-state index in [4.69, 9.17) is 4.98 Å². The highest BCUT2D eigenvalue weighted by atomic mass is 31.2. The van der Waals surface area contributed by atoms with Crippen molar-refractivity contribution >= 4 is 66.7 Å². The highest BCUT2D eigenvalue weighted by Crippen LogP contribution is 2.56. The van der Waals surface area contributed by atoms with Crippen LogP contribution in [0.1, 0.15) is 18.9 Å². The molecule has 7 aromatic rings. The van der Waals surface area contributed by atoms with Crippen molar-refractivity contribution < 1.29 is 4.57 Å². The first-order valence-corrected chi connectivity index (χ1v) is 16.6. The van der Waals surface area contributed by atoms with Crippen LogP contribution >= 0.6 is 7.14 Å². The summed E-state index contributed by atoms with van der Waals surface area (Å²) in [7, 11) is -3.01. The molecule has 1 atom stereocenters. The van der Waals surface area contributed by atoms with Gasteiger partial charge in [-0.15, -0.1) is 0 Å². The summed E-state index contributed by atoms with van der Waals surface area (Å²) in [4.78, 5) is 5.36. The predicted octanol–water partition coefficient (Wildman–Crippen LogP) is 10.0. The number of fused-ring (bicyclic) bond motifs is 6. The number of aromatic nitrogens is 1. The maximum absolute atomic E-state index is 15.2. The molecule has 2 nitrogen and oxygen atoms in total. The van der Waals surface area contributed by atoms with Crippen LogP contribution in [-0.2, 0) is 4.57 Å². The fourth-order valence-corrected chi connectivity index (χ4v) is 9.85. The monoisotopic (exact) mass is 571 g/mol. The molecule has 8 rings (SSSR count). The second kappa shape index (κ2) is 10.2. The van der Waals surface area contributed by atoms with E-state index in [1.807, 2.05) is 60.7 Å². The minimum atomic E-state index is -3.01. The maximum atomic E-state index is 15.2. The van der Waals surface area contributed by atoms with Crippen LogP contribution in [0.3, 0.4) is 0 Å². The molecule has 0 spiro atoms. The largest absolute Gasteiger partial charge is 0.309 e. The van der Waals surface area contributed by atoms with Crippen molar-refractivity contribution in [2.24, 2.45) is 5.92 Å². The number of pyridine rings is 1. The lowest BCUT2D eigenvalue weighted by molar-refractivity contribution is 0.587. The molecule has 0 N–H and O–H groups in total. The van der Waals surface area contributed by atoms with E-state index in [-0.39, 0.29) is 5.92 Å². The van der Waals surface area contributed by atoms with Crippen LogP contribution in [0.15, 0.2) is 151 Å². The van der Waals surface area contributed by atoms with E-state index < -0.39 is 7.14 Å². The SMILES string of the molecule is CC1CC(P(=O)(c2ccccc2)c2ccccc2)=CC=C1c1c2ccc3ccccc3c2nc2c1ccc1ccccc12. The van der Waals surface area contributed by atoms with Crippen LogP contribution in [-0.4, -0.2) is 4.98 Å². The van der Waals surface area contributed by atoms with E-state index in [2.05, 4.69) is 91.9 Å². The van der Waals surface area contributed by atoms with E-state index in [1.165, 1.54) is 21.9 Å². The third-order valence-electron chi connectivity index (χ3n) is 9.00. The van der Waals surface area contributed by atoms with Crippen molar-refractivity contribution in [3.63, 3.8) is 0 Å². The lowest BCUT2D eigenvalue weighted by atomic mass is 9.83. The lowest BCUT2D eigenvalue weighted by Gasteiger charge is -2.29. The molecule has 1 aliphatic carbocycles. The molecule has 1 heterocycles. The van der Waals surface area contributed by atoms with E-state index in [0.29, 0.717) is 0 Å². The smallest absolute Gasteiger partial charge is 0.167 e. The molecular formula is C40H30NOP. The van der Waals surface area contributed by atoms with Crippen molar-refractivity contribution in [3.8, 4) is 0 Å². The molecule has 43 heavy (non-hydrogen) atoms. The molecule has 1 aliphatic rings. The predicted molar refractivity (Wildman–Crippen MR) is 184 cm³/mol. The Labute approximate surface area is 251 Å². The van der Waals surface area contributed by atoms with Crippen molar-refractivity contribution in [1.82, 2.24) is 4.98 Å². The Morgan fingerprint density at radius 1 is 0.558 bits per heavy atom. The second-order valence-electron chi connectivity index (χ2n) is 11.5. The number of nitrogens with zero attached hydrogens (tertiary/aromatic N) is 1. The first-order valence-electron chi connectivity index (χ1n) is 14.9. The zero-order chi connectivity index (χ0) is 29.0. The molecule has 0 bridgehead atoms. The van der Waals surface area contributed by atoms with E-state index in [9.17, 15) is 0 Å². The molecule has 0 saturated carbocycles. The van der Waals surface area contributed by atoms with Gasteiger partial charge in [0.1, 0.15) is 0 Å². The summed E-state index contributed by atoms with van der Waals surface area (Å²) in [6.45, 7) is 2.28. The van der Waals surface area contributed by atoms with Gasteiger partial charge in [0.25, 0.3) is 0 Å². The van der Waals surface area contributed by atoms with Crippen molar-refractivity contribution in [2.75, 3.05) is 0 Å². The van der Waals surface area contributed by atoms with Gasteiger partial charge in [-0.2, -0.15) is 0 Å². The molecule has 0 fully saturated rings. The van der Waals surface area contributed by atoms with E-state index in [1.54, 1.807) is 0 Å². The number of hydrogen-bond acceptors (Lipinski definition) is 2. The lowest BCUT2D eigenvalue weighted by Crippen LogP contribution is -2.19. The first-order chi connectivity index (χ1) is 21.1. The number of allylic oxidation sites excluding steroid dienone is 4. The fourth-order valence-electron chi connectivity index (χ4n) is 6.88. The summed E-state index contributed by atoms with van der Waals surface area (Å²) < 4.78 is 15.2. The Bertz CT molecular complexity index is 2160. The minimum Gasteiger partial charge on any atom is -0.309 e.